The predicted molar refractivity (Wildman–Crippen MR) is 104 cm³/mol. The van der Waals surface area contributed by atoms with Crippen molar-refractivity contribution in [2.24, 2.45) is 4.99 Å². The molecule has 26 heavy (non-hydrogen) atoms. The Morgan fingerprint density at radius 1 is 0.731 bits per heavy atom. The van der Waals surface area contributed by atoms with Gasteiger partial charge in [0.05, 0.1) is 6.04 Å². The van der Waals surface area contributed by atoms with Crippen LogP contribution in [0, 0.1) is 5.82 Å². The molecule has 1 aliphatic rings. The largest absolute Gasteiger partial charge is 0.361 e. The normalized spacial score (nSPS) is 19.3. The molecule has 2 nitrogen and oxygen atoms in total. The van der Waals surface area contributed by atoms with E-state index in [4.69, 9.17) is 4.99 Å². The van der Waals surface area contributed by atoms with Gasteiger partial charge in [-0.1, -0.05) is 78.9 Å². The van der Waals surface area contributed by atoms with Crippen LogP contribution in [0.15, 0.2) is 96.0 Å². The third-order valence-electron chi connectivity index (χ3n) is 4.50. The van der Waals surface area contributed by atoms with Crippen LogP contribution in [0.2, 0.25) is 0 Å². The van der Waals surface area contributed by atoms with Crippen LogP contribution in [0.5, 0.6) is 0 Å². The highest BCUT2D eigenvalue weighted by Crippen LogP contribution is 2.36. The molecule has 0 saturated carbocycles. The molecule has 0 spiro atoms. The molecule has 0 bridgehead atoms. The lowest BCUT2D eigenvalue weighted by Crippen LogP contribution is -2.23. The maximum absolute atomic E-state index is 13.0. The van der Waals surface area contributed by atoms with Crippen LogP contribution in [0.25, 0.3) is 6.08 Å². The van der Waals surface area contributed by atoms with Gasteiger partial charge in [0.2, 0.25) is 0 Å². The lowest BCUT2D eigenvalue weighted by Gasteiger charge is -2.19. The molecule has 4 rings (SSSR count). The number of hydrogen-bond donors (Lipinski definition) is 1. The first kappa shape index (κ1) is 16.3. The summed E-state index contributed by atoms with van der Waals surface area (Å²) in [4.78, 5) is 4.89. The summed E-state index contributed by atoms with van der Waals surface area (Å²) in [6, 6.07) is 27.2. The molecule has 1 heterocycles. The van der Waals surface area contributed by atoms with Crippen LogP contribution >= 0.6 is 0 Å². The van der Waals surface area contributed by atoms with Crippen molar-refractivity contribution >= 4 is 11.9 Å². The maximum atomic E-state index is 13.0. The van der Waals surface area contributed by atoms with Gasteiger partial charge in [-0.25, -0.2) is 4.39 Å². The van der Waals surface area contributed by atoms with E-state index in [0.717, 1.165) is 11.4 Å². The molecule has 1 N–H and O–H groups in total. The standard InChI is InChI=1S/C23H19FN2/c24-20-14-11-17(12-15-20)13-16-21-25-22(18-7-3-1-4-8-18)23(26-21)19-9-5-2-6-10-19/h1-16,22-23H,(H,25,26)/t22-,23+. The van der Waals surface area contributed by atoms with Gasteiger partial charge >= 0.3 is 0 Å². The fourth-order valence-corrected chi connectivity index (χ4v) is 3.18. The number of halogens is 1. The molecular formula is C23H19FN2. The molecule has 3 aromatic carbocycles. The van der Waals surface area contributed by atoms with E-state index < -0.39 is 0 Å². The number of nitrogens with zero attached hydrogens (tertiary/aromatic N) is 1. The predicted octanol–water partition coefficient (Wildman–Crippen LogP) is 5.32. The fourth-order valence-electron chi connectivity index (χ4n) is 3.18. The number of aliphatic imine (C=N–C) groups is 1. The Balaban J connectivity index is 1.63. The van der Waals surface area contributed by atoms with E-state index in [2.05, 4.69) is 29.6 Å². The van der Waals surface area contributed by atoms with Gasteiger partial charge in [-0.05, 0) is 34.9 Å². The summed E-state index contributed by atoms with van der Waals surface area (Å²) in [5.74, 6) is 0.601. The second kappa shape index (κ2) is 7.36. The van der Waals surface area contributed by atoms with Crippen LogP contribution in [-0.2, 0) is 0 Å². The van der Waals surface area contributed by atoms with Crippen molar-refractivity contribution in [1.29, 1.82) is 0 Å². The molecule has 3 aromatic rings. The van der Waals surface area contributed by atoms with Crippen LogP contribution in [0.3, 0.4) is 0 Å². The molecule has 0 aromatic heterocycles. The van der Waals surface area contributed by atoms with E-state index in [1.54, 1.807) is 12.1 Å². The van der Waals surface area contributed by atoms with Gasteiger partial charge in [0, 0.05) is 0 Å². The molecule has 3 heteroatoms. The summed E-state index contributed by atoms with van der Waals surface area (Å²) in [5.41, 5.74) is 3.32. The Bertz CT molecular complexity index is 915. The average Bonchev–Trinajstić information content (AvgIpc) is 3.13. The van der Waals surface area contributed by atoms with Gasteiger partial charge in [-0.15, -0.1) is 0 Å². The Morgan fingerprint density at radius 2 is 1.35 bits per heavy atom. The SMILES string of the molecule is Fc1ccc(C=CC2=N[C@@H](c3ccccc3)[C@@H](c3ccccc3)N2)cc1. The highest BCUT2D eigenvalue weighted by Gasteiger charge is 2.30. The van der Waals surface area contributed by atoms with Gasteiger partial charge in [0.25, 0.3) is 0 Å². The number of nitrogens with one attached hydrogen (secondary N) is 1. The van der Waals surface area contributed by atoms with Crippen molar-refractivity contribution < 1.29 is 4.39 Å². The fraction of sp³-hybridized carbons (Fsp3) is 0.0870. The van der Waals surface area contributed by atoms with Gasteiger partial charge in [0.1, 0.15) is 17.7 Å². The minimum atomic E-state index is -0.230. The molecule has 0 amide bonds. The van der Waals surface area contributed by atoms with Gasteiger partial charge in [0.15, 0.2) is 0 Å². The third kappa shape index (κ3) is 3.57. The molecule has 0 saturated heterocycles. The average molecular weight is 342 g/mol. The zero-order valence-electron chi connectivity index (χ0n) is 14.2. The van der Waals surface area contributed by atoms with Crippen molar-refractivity contribution in [3.63, 3.8) is 0 Å². The zero-order valence-corrected chi connectivity index (χ0v) is 14.2. The van der Waals surface area contributed by atoms with Gasteiger partial charge < -0.3 is 5.32 Å². The highest BCUT2D eigenvalue weighted by molar-refractivity contribution is 5.98. The zero-order chi connectivity index (χ0) is 17.8. The molecule has 0 fully saturated rings. The number of rotatable bonds is 4. The van der Waals surface area contributed by atoms with E-state index in [0.29, 0.717) is 0 Å². The summed E-state index contributed by atoms with van der Waals surface area (Å²) in [6.07, 6.45) is 3.90. The van der Waals surface area contributed by atoms with Crippen molar-refractivity contribution in [3.05, 3.63) is 114 Å². The van der Waals surface area contributed by atoms with E-state index in [1.165, 1.54) is 23.3 Å². The molecule has 1 aliphatic heterocycles. The van der Waals surface area contributed by atoms with E-state index in [-0.39, 0.29) is 17.9 Å². The molecule has 2 atom stereocenters. The van der Waals surface area contributed by atoms with E-state index in [1.807, 2.05) is 48.6 Å². The number of benzene rings is 3. The van der Waals surface area contributed by atoms with Gasteiger partial charge in [-0.3, -0.25) is 4.99 Å². The molecular weight excluding hydrogens is 323 g/mol. The third-order valence-corrected chi connectivity index (χ3v) is 4.50. The van der Waals surface area contributed by atoms with Crippen LogP contribution in [-0.4, -0.2) is 5.84 Å². The van der Waals surface area contributed by atoms with Crippen molar-refractivity contribution in [3.8, 4) is 0 Å². The van der Waals surface area contributed by atoms with Crippen molar-refractivity contribution in [2.45, 2.75) is 12.1 Å². The van der Waals surface area contributed by atoms with Crippen LogP contribution < -0.4 is 5.32 Å². The molecule has 128 valence electrons. The Kier molecular flexibility index (Phi) is 4.61. The summed E-state index contributed by atoms with van der Waals surface area (Å²) < 4.78 is 13.0. The minimum absolute atomic E-state index is 0.0199. The summed E-state index contributed by atoms with van der Waals surface area (Å²) in [7, 11) is 0. The van der Waals surface area contributed by atoms with E-state index >= 15 is 0 Å². The summed E-state index contributed by atoms with van der Waals surface area (Å²) in [6.45, 7) is 0. The summed E-state index contributed by atoms with van der Waals surface area (Å²) in [5, 5.41) is 3.53. The smallest absolute Gasteiger partial charge is 0.123 e. The first-order valence-electron chi connectivity index (χ1n) is 8.67. The Hall–Kier alpha value is -3.20. The molecule has 0 aliphatic carbocycles. The highest BCUT2D eigenvalue weighted by atomic mass is 19.1. The first-order valence-corrected chi connectivity index (χ1v) is 8.67. The second-order valence-electron chi connectivity index (χ2n) is 6.29. The Labute approximate surface area is 152 Å². The monoisotopic (exact) mass is 342 g/mol. The van der Waals surface area contributed by atoms with Crippen LogP contribution in [0.1, 0.15) is 28.8 Å². The lowest BCUT2D eigenvalue weighted by atomic mass is 9.95. The number of amidine groups is 1. The first-order chi connectivity index (χ1) is 12.8. The molecule has 0 radical (unpaired) electrons. The molecule has 0 unspecified atom stereocenters. The number of hydrogen-bond acceptors (Lipinski definition) is 2. The minimum Gasteiger partial charge on any atom is -0.361 e. The van der Waals surface area contributed by atoms with Crippen molar-refractivity contribution in [1.82, 2.24) is 5.32 Å². The second-order valence-corrected chi connectivity index (χ2v) is 6.29. The quantitative estimate of drug-likeness (QED) is 0.681. The Morgan fingerprint density at radius 3 is 2.00 bits per heavy atom. The van der Waals surface area contributed by atoms with Gasteiger partial charge in [-0.2, -0.15) is 0 Å². The topological polar surface area (TPSA) is 24.4 Å². The lowest BCUT2D eigenvalue weighted by molar-refractivity contribution is 0.572. The maximum Gasteiger partial charge on any atom is 0.123 e. The van der Waals surface area contributed by atoms with Crippen LogP contribution in [0.4, 0.5) is 4.39 Å². The summed E-state index contributed by atoms with van der Waals surface area (Å²) >= 11 is 0. The van der Waals surface area contributed by atoms with Crippen molar-refractivity contribution in [2.75, 3.05) is 0 Å². The van der Waals surface area contributed by atoms with E-state index in [9.17, 15) is 4.39 Å².